The molecule has 94 valence electrons. The van der Waals surface area contributed by atoms with Gasteiger partial charge in [-0.15, -0.1) is 0 Å². The number of pyridine rings is 1. The number of nitrogens with zero attached hydrogens (tertiary/aromatic N) is 1. The second-order valence-electron chi connectivity index (χ2n) is 4.88. The summed E-state index contributed by atoms with van der Waals surface area (Å²) in [6, 6.07) is 2.81. The monoisotopic (exact) mass is 238 g/mol. The van der Waals surface area contributed by atoms with Crippen molar-refractivity contribution >= 4 is 5.91 Å². The SMILES string of the molecule is CC(C)(C)NC(=O)c1ccc(=O)n(CCO)c1. The maximum absolute atomic E-state index is 11.8. The van der Waals surface area contributed by atoms with Crippen molar-refractivity contribution in [1.82, 2.24) is 9.88 Å². The summed E-state index contributed by atoms with van der Waals surface area (Å²) in [6.07, 6.45) is 1.46. The van der Waals surface area contributed by atoms with Crippen molar-refractivity contribution in [3.05, 3.63) is 34.2 Å². The van der Waals surface area contributed by atoms with Crippen LogP contribution in [0.3, 0.4) is 0 Å². The Morgan fingerprint density at radius 2 is 2.06 bits per heavy atom. The van der Waals surface area contributed by atoms with Crippen molar-refractivity contribution in [1.29, 1.82) is 0 Å². The minimum absolute atomic E-state index is 0.135. The molecule has 0 spiro atoms. The summed E-state index contributed by atoms with van der Waals surface area (Å²) in [6.45, 7) is 5.71. The van der Waals surface area contributed by atoms with E-state index in [1.165, 1.54) is 22.9 Å². The summed E-state index contributed by atoms with van der Waals surface area (Å²) >= 11 is 0. The van der Waals surface area contributed by atoms with Gasteiger partial charge in [0.05, 0.1) is 12.2 Å². The van der Waals surface area contributed by atoms with Crippen LogP contribution in [0.15, 0.2) is 23.1 Å². The molecule has 17 heavy (non-hydrogen) atoms. The van der Waals surface area contributed by atoms with Crippen LogP contribution >= 0.6 is 0 Å². The maximum atomic E-state index is 11.8. The number of carbonyl (C=O) groups excluding carboxylic acids is 1. The van der Waals surface area contributed by atoms with E-state index < -0.39 is 0 Å². The molecule has 0 radical (unpaired) electrons. The molecule has 0 aliphatic rings. The van der Waals surface area contributed by atoms with E-state index in [0.717, 1.165) is 0 Å². The summed E-state index contributed by atoms with van der Waals surface area (Å²) < 4.78 is 1.32. The fraction of sp³-hybridized carbons (Fsp3) is 0.500. The Bertz CT molecular complexity index is 458. The molecular weight excluding hydrogens is 220 g/mol. The molecule has 0 aliphatic carbocycles. The van der Waals surface area contributed by atoms with E-state index in [4.69, 9.17) is 5.11 Å². The Balaban J connectivity index is 2.96. The minimum Gasteiger partial charge on any atom is -0.395 e. The van der Waals surface area contributed by atoms with E-state index in [1.807, 2.05) is 20.8 Å². The van der Waals surface area contributed by atoms with Gasteiger partial charge in [-0.1, -0.05) is 0 Å². The number of aliphatic hydroxyl groups is 1. The van der Waals surface area contributed by atoms with Crippen LogP contribution in [0.5, 0.6) is 0 Å². The first-order valence-electron chi connectivity index (χ1n) is 5.47. The zero-order valence-corrected chi connectivity index (χ0v) is 10.4. The Labute approximate surface area is 100 Å². The van der Waals surface area contributed by atoms with Gasteiger partial charge in [0.2, 0.25) is 0 Å². The Morgan fingerprint density at radius 3 is 2.59 bits per heavy atom. The molecule has 5 heteroatoms. The molecule has 1 aromatic rings. The highest BCUT2D eigenvalue weighted by atomic mass is 16.3. The van der Waals surface area contributed by atoms with Gasteiger partial charge in [0.15, 0.2) is 0 Å². The molecule has 0 aliphatic heterocycles. The molecule has 1 amide bonds. The highest BCUT2D eigenvalue weighted by molar-refractivity contribution is 5.94. The number of amides is 1. The minimum atomic E-state index is -0.324. The van der Waals surface area contributed by atoms with Crippen LogP contribution in [-0.4, -0.2) is 27.7 Å². The normalized spacial score (nSPS) is 11.3. The van der Waals surface area contributed by atoms with Gasteiger partial charge in [0, 0.05) is 24.3 Å². The van der Waals surface area contributed by atoms with Gasteiger partial charge in [0.1, 0.15) is 0 Å². The Morgan fingerprint density at radius 1 is 1.41 bits per heavy atom. The number of hydrogen-bond acceptors (Lipinski definition) is 3. The molecule has 0 aromatic carbocycles. The van der Waals surface area contributed by atoms with E-state index in [0.29, 0.717) is 5.56 Å². The van der Waals surface area contributed by atoms with Crippen LogP contribution in [0.25, 0.3) is 0 Å². The van der Waals surface area contributed by atoms with E-state index >= 15 is 0 Å². The van der Waals surface area contributed by atoms with Crippen LogP contribution in [0, 0.1) is 0 Å². The van der Waals surface area contributed by atoms with Crippen molar-refractivity contribution in [2.75, 3.05) is 6.61 Å². The number of hydrogen-bond donors (Lipinski definition) is 2. The smallest absolute Gasteiger partial charge is 0.253 e. The molecule has 1 heterocycles. The molecule has 5 nitrogen and oxygen atoms in total. The van der Waals surface area contributed by atoms with Crippen LogP contribution in [0.4, 0.5) is 0 Å². The predicted molar refractivity (Wildman–Crippen MR) is 65.0 cm³/mol. The zero-order valence-electron chi connectivity index (χ0n) is 10.4. The van der Waals surface area contributed by atoms with Crippen LogP contribution < -0.4 is 10.9 Å². The summed E-state index contributed by atoms with van der Waals surface area (Å²) in [5, 5.41) is 11.6. The van der Waals surface area contributed by atoms with E-state index in [1.54, 1.807) is 0 Å². The molecule has 0 saturated carbocycles. The molecule has 1 aromatic heterocycles. The van der Waals surface area contributed by atoms with Crippen LogP contribution in [0.1, 0.15) is 31.1 Å². The molecular formula is C12H18N2O3. The van der Waals surface area contributed by atoms with E-state index in [2.05, 4.69) is 5.32 Å². The molecule has 0 bridgehead atoms. The number of rotatable bonds is 3. The van der Waals surface area contributed by atoms with E-state index in [-0.39, 0.29) is 30.2 Å². The van der Waals surface area contributed by atoms with Gasteiger partial charge >= 0.3 is 0 Å². The van der Waals surface area contributed by atoms with Crippen LogP contribution in [0.2, 0.25) is 0 Å². The standard InChI is InChI=1S/C12H18N2O3/c1-12(2,3)13-11(17)9-4-5-10(16)14(8-9)6-7-15/h4-5,8,15H,6-7H2,1-3H3,(H,13,17). The third-order valence-corrected chi connectivity index (χ3v) is 2.08. The third-order valence-electron chi connectivity index (χ3n) is 2.08. The van der Waals surface area contributed by atoms with Gasteiger partial charge in [-0.2, -0.15) is 0 Å². The fourth-order valence-electron chi connectivity index (χ4n) is 1.36. The summed E-state index contributed by atoms with van der Waals surface area (Å²) in [7, 11) is 0. The van der Waals surface area contributed by atoms with Gasteiger partial charge in [0.25, 0.3) is 11.5 Å². The number of aliphatic hydroxyl groups excluding tert-OH is 1. The number of carbonyl (C=O) groups is 1. The molecule has 0 unspecified atom stereocenters. The molecule has 0 saturated heterocycles. The Hall–Kier alpha value is -1.62. The third kappa shape index (κ3) is 4.03. The zero-order chi connectivity index (χ0) is 13.1. The summed E-state index contributed by atoms with van der Waals surface area (Å²) in [5.74, 6) is -0.232. The molecule has 0 atom stereocenters. The first-order valence-corrected chi connectivity index (χ1v) is 5.47. The van der Waals surface area contributed by atoms with Gasteiger partial charge in [-0.25, -0.2) is 0 Å². The van der Waals surface area contributed by atoms with Crippen molar-refractivity contribution in [3.8, 4) is 0 Å². The number of aromatic nitrogens is 1. The lowest BCUT2D eigenvalue weighted by atomic mass is 10.1. The average molecular weight is 238 g/mol. The Kier molecular flexibility index (Phi) is 4.07. The average Bonchev–Trinajstić information content (AvgIpc) is 2.19. The molecule has 1 rings (SSSR count). The second-order valence-corrected chi connectivity index (χ2v) is 4.88. The largest absolute Gasteiger partial charge is 0.395 e. The van der Waals surface area contributed by atoms with Crippen LogP contribution in [-0.2, 0) is 6.54 Å². The van der Waals surface area contributed by atoms with Crippen molar-refractivity contribution in [2.45, 2.75) is 32.9 Å². The second kappa shape index (κ2) is 5.14. The van der Waals surface area contributed by atoms with E-state index in [9.17, 15) is 9.59 Å². The van der Waals surface area contributed by atoms with Gasteiger partial charge in [-0.05, 0) is 26.8 Å². The van der Waals surface area contributed by atoms with Crippen molar-refractivity contribution in [3.63, 3.8) is 0 Å². The lowest BCUT2D eigenvalue weighted by molar-refractivity contribution is 0.0918. The lowest BCUT2D eigenvalue weighted by Crippen LogP contribution is -2.41. The van der Waals surface area contributed by atoms with Crippen molar-refractivity contribution < 1.29 is 9.90 Å². The van der Waals surface area contributed by atoms with Crippen molar-refractivity contribution in [2.24, 2.45) is 0 Å². The fourth-order valence-corrected chi connectivity index (χ4v) is 1.36. The molecule has 0 fully saturated rings. The topological polar surface area (TPSA) is 71.3 Å². The first-order chi connectivity index (χ1) is 7.83. The quantitative estimate of drug-likeness (QED) is 0.799. The summed E-state index contributed by atoms with van der Waals surface area (Å²) in [4.78, 5) is 23.2. The van der Waals surface area contributed by atoms with Gasteiger partial charge < -0.3 is 15.0 Å². The lowest BCUT2D eigenvalue weighted by Gasteiger charge is -2.20. The van der Waals surface area contributed by atoms with Gasteiger partial charge in [-0.3, -0.25) is 9.59 Å². The maximum Gasteiger partial charge on any atom is 0.253 e. The highest BCUT2D eigenvalue weighted by Gasteiger charge is 2.15. The summed E-state index contributed by atoms with van der Waals surface area (Å²) in [5.41, 5.74) is -0.144. The first kappa shape index (κ1) is 13.4. The molecule has 2 N–H and O–H groups in total. The highest BCUT2D eigenvalue weighted by Crippen LogP contribution is 2.03. The number of nitrogens with one attached hydrogen (secondary N) is 1. The predicted octanol–water partition coefficient (Wildman–Crippen LogP) is 0.369.